The number of ether oxygens (including phenoxy) is 1. The Labute approximate surface area is 223 Å². The molecule has 2 unspecified atom stereocenters. The molecule has 4 rings (SSSR count). The molecule has 2 aromatic carbocycles. The topological polar surface area (TPSA) is 78.8 Å². The van der Waals surface area contributed by atoms with Crippen LogP contribution in [0.15, 0.2) is 84.0 Å². The summed E-state index contributed by atoms with van der Waals surface area (Å²) in [7, 11) is 0. The minimum atomic E-state index is -0.505. The zero-order valence-corrected chi connectivity index (χ0v) is 22.2. The number of hydrogen-bond donors (Lipinski definition) is 3. The number of aliphatic hydroxyl groups excluding tert-OH is 2. The van der Waals surface area contributed by atoms with Gasteiger partial charge < -0.3 is 20.3 Å². The molecule has 2 aliphatic carbocycles. The molecule has 3 atom stereocenters. The van der Waals surface area contributed by atoms with Gasteiger partial charge in [-0.2, -0.15) is 0 Å². The van der Waals surface area contributed by atoms with Crippen LogP contribution >= 0.6 is 11.6 Å². The van der Waals surface area contributed by atoms with Gasteiger partial charge in [0.25, 0.3) is 5.91 Å². The monoisotopic (exact) mass is 519 g/mol. The molecule has 6 heteroatoms. The third kappa shape index (κ3) is 6.61. The lowest BCUT2D eigenvalue weighted by molar-refractivity contribution is 0.0930. The molecule has 0 aliphatic heterocycles. The molecule has 0 bridgehead atoms. The summed E-state index contributed by atoms with van der Waals surface area (Å²) < 4.78 is 5.65. The summed E-state index contributed by atoms with van der Waals surface area (Å²) in [6.07, 6.45) is 11.0. The summed E-state index contributed by atoms with van der Waals surface area (Å²) in [5.41, 5.74) is 5.85. The number of halogens is 1. The molecule has 194 valence electrons. The van der Waals surface area contributed by atoms with Crippen molar-refractivity contribution in [1.82, 2.24) is 5.32 Å². The van der Waals surface area contributed by atoms with Crippen molar-refractivity contribution in [1.29, 1.82) is 0 Å². The van der Waals surface area contributed by atoms with Crippen LogP contribution < -0.4 is 10.1 Å². The fourth-order valence-electron chi connectivity index (χ4n) is 4.72. The molecule has 0 aromatic heterocycles. The Morgan fingerprint density at radius 1 is 1.14 bits per heavy atom. The van der Waals surface area contributed by atoms with Gasteiger partial charge in [0.1, 0.15) is 5.75 Å². The maximum Gasteiger partial charge on any atom is 0.251 e. The predicted octanol–water partition coefficient (Wildman–Crippen LogP) is 5.67. The lowest BCUT2D eigenvalue weighted by atomic mass is 9.88. The minimum absolute atomic E-state index is 0.0152. The minimum Gasteiger partial charge on any atom is -0.489 e. The van der Waals surface area contributed by atoms with Crippen LogP contribution in [0.2, 0.25) is 5.02 Å². The Hall–Kier alpha value is -3.12. The molecule has 0 radical (unpaired) electrons. The molecule has 0 heterocycles. The van der Waals surface area contributed by atoms with Gasteiger partial charge in [0.05, 0.1) is 17.2 Å². The van der Waals surface area contributed by atoms with Gasteiger partial charge in [0, 0.05) is 24.1 Å². The first-order chi connectivity index (χ1) is 17.7. The van der Waals surface area contributed by atoms with E-state index in [0.717, 1.165) is 27.8 Å². The van der Waals surface area contributed by atoms with E-state index in [1.165, 1.54) is 0 Å². The van der Waals surface area contributed by atoms with Crippen LogP contribution in [0.25, 0.3) is 5.57 Å². The Bertz CT molecular complexity index is 1250. The quantitative estimate of drug-likeness (QED) is 0.378. The maximum absolute atomic E-state index is 12.9. The molecule has 37 heavy (non-hydrogen) atoms. The van der Waals surface area contributed by atoms with Crippen LogP contribution in [-0.2, 0) is 6.42 Å². The van der Waals surface area contributed by atoms with E-state index >= 15 is 0 Å². The van der Waals surface area contributed by atoms with Gasteiger partial charge >= 0.3 is 0 Å². The van der Waals surface area contributed by atoms with Gasteiger partial charge in [-0.05, 0) is 79.7 Å². The first-order valence-corrected chi connectivity index (χ1v) is 13.1. The summed E-state index contributed by atoms with van der Waals surface area (Å²) in [5, 5.41) is 23.1. The fraction of sp³-hybridized carbons (Fsp3) is 0.323. The summed E-state index contributed by atoms with van der Waals surface area (Å²) >= 11 is 6.30. The van der Waals surface area contributed by atoms with Crippen molar-refractivity contribution in [3.63, 3.8) is 0 Å². The Kier molecular flexibility index (Phi) is 8.70. The highest BCUT2D eigenvalue weighted by Crippen LogP contribution is 2.38. The number of allylic oxidation sites excluding steroid dienone is 6. The number of carbonyl (C=O) groups is 1. The highest BCUT2D eigenvalue weighted by molar-refractivity contribution is 6.32. The van der Waals surface area contributed by atoms with E-state index < -0.39 is 6.10 Å². The lowest BCUT2D eigenvalue weighted by Gasteiger charge is -2.19. The summed E-state index contributed by atoms with van der Waals surface area (Å²) in [5.74, 6) is 0.489. The second-order valence-corrected chi connectivity index (χ2v) is 10.2. The van der Waals surface area contributed by atoms with Gasteiger partial charge in [-0.15, -0.1) is 0 Å². The molecule has 1 amide bonds. The van der Waals surface area contributed by atoms with Crippen molar-refractivity contribution in [3.8, 4) is 5.75 Å². The molecule has 0 spiro atoms. The van der Waals surface area contributed by atoms with Crippen molar-refractivity contribution in [2.75, 3.05) is 6.61 Å². The molecule has 0 saturated carbocycles. The van der Waals surface area contributed by atoms with E-state index in [2.05, 4.69) is 47.8 Å². The van der Waals surface area contributed by atoms with E-state index in [9.17, 15) is 15.0 Å². The van der Waals surface area contributed by atoms with Crippen LogP contribution in [0.5, 0.6) is 5.75 Å². The molecule has 5 nitrogen and oxygen atoms in total. The average molecular weight is 520 g/mol. The SMILES string of the molecule is CC(C)Oc1ccc(C(=O)N[C@H](CCO)Cc2ccc(C3=CC4C=CC=C(C(C)O)C4=C3)cc2)cc1Cl. The smallest absolute Gasteiger partial charge is 0.251 e. The first-order valence-electron chi connectivity index (χ1n) is 12.7. The van der Waals surface area contributed by atoms with E-state index in [1.54, 1.807) is 25.1 Å². The van der Waals surface area contributed by atoms with E-state index in [4.69, 9.17) is 16.3 Å². The summed E-state index contributed by atoms with van der Waals surface area (Å²) in [6, 6.07) is 13.1. The second-order valence-electron chi connectivity index (χ2n) is 9.83. The van der Waals surface area contributed by atoms with E-state index in [-0.39, 0.29) is 30.6 Å². The van der Waals surface area contributed by atoms with Gasteiger partial charge in [0.2, 0.25) is 0 Å². The number of benzene rings is 2. The number of hydrogen-bond acceptors (Lipinski definition) is 4. The highest BCUT2D eigenvalue weighted by atomic mass is 35.5. The van der Waals surface area contributed by atoms with Crippen molar-refractivity contribution in [3.05, 3.63) is 106 Å². The molecular weight excluding hydrogens is 486 g/mol. The van der Waals surface area contributed by atoms with Gasteiger partial charge in [-0.25, -0.2) is 0 Å². The Morgan fingerprint density at radius 3 is 2.54 bits per heavy atom. The normalized spacial score (nSPS) is 18.0. The number of nitrogens with one attached hydrogen (secondary N) is 1. The Morgan fingerprint density at radius 2 is 1.89 bits per heavy atom. The van der Waals surface area contributed by atoms with Gasteiger partial charge in [0.15, 0.2) is 0 Å². The molecule has 2 aromatic rings. The van der Waals surface area contributed by atoms with Crippen molar-refractivity contribution >= 4 is 23.1 Å². The van der Waals surface area contributed by atoms with Gasteiger partial charge in [-0.3, -0.25) is 4.79 Å². The van der Waals surface area contributed by atoms with Crippen molar-refractivity contribution in [2.24, 2.45) is 5.92 Å². The molecule has 0 fully saturated rings. The number of rotatable bonds is 10. The average Bonchev–Trinajstić information content (AvgIpc) is 3.30. The third-order valence-corrected chi connectivity index (χ3v) is 6.84. The van der Waals surface area contributed by atoms with Crippen LogP contribution in [-0.4, -0.2) is 41.0 Å². The maximum atomic E-state index is 12.9. The Balaban J connectivity index is 1.42. The number of carbonyl (C=O) groups excluding carboxylic acids is 1. The zero-order chi connectivity index (χ0) is 26.5. The summed E-state index contributed by atoms with van der Waals surface area (Å²) in [6.45, 7) is 5.60. The first kappa shape index (κ1) is 26.9. The number of fused-ring (bicyclic) bond motifs is 1. The lowest BCUT2D eigenvalue weighted by Crippen LogP contribution is -2.37. The van der Waals surface area contributed by atoms with Crippen molar-refractivity contribution in [2.45, 2.75) is 51.9 Å². The molecular formula is C31H34ClNO4. The summed E-state index contributed by atoms with van der Waals surface area (Å²) in [4.78, 5) is 12.9. The standard InChI is InChI=1S/C31H34ClNO4/c1-19(2)37-30-12-11-24(18-29(30)32)31(36)33-26(13-14-34)15-21-7-9-22(10-8-21)25-16-23-5-4-6-27(20(3)35)28(23)17-25/h4-12,16-20,23,26,34-35H,13-15H2,1-3H3,(H,33,36)/t20?,23?,26-/m1/s1. The fourth-order valence-corrected chi connectivity index (χ4v) is 4.95. The number of aliphatic hydroxyl groups is 2. The number of amides is 1. The second kappa shape index (κ2) is 12.0. The van der Waals surface area contributed by atoms with Crippen LogP contribution in [0.4, 0.5) is 0 Å². The molecule has 0 saturated heterocycles. The van der Waals surface area contributed by atoms with E-state index in [0.29, 0.717) is 29.2 Å². The molecule has 2 aliphatic rings. The van der Waals surface area contributed by atoms with Crippen LogP contribution in [0.1, 0.15) is 48.7 Å². The largest absolute Gasteiger partial charge is 0.489 e. The van der Waals surface area contributed by atoms with Gasteiger partial charge in [-0.1, -0.05) is 66.2 Å². The third-order valence-electron chi connectivity index (χ3n) is 6.55. The predicted molar refractivity (Wildman–Crippen MR) is 149 cm³/mol. The van der Waals surface area contributed by atoms with Crippen LogP contribution in [0, 0.1) is 5.92 Å². The van der Waals surface area contributed by atoms with E-state index in [1.807, 2.05) is 26.0 Å². The highest BCUT2D eigenvalue weighted by Gasteiger charge is 2.25. The molecule has 3 N–H and O–H groups in total. The van der Waals surface area contributed by atoms with Crippen LogP contribution in [0.3, 0.4) is 0 Å². The zero-order valence-electron chi connectivity index (χ0n) is 21.4. The van der Waals surface area contributed by atoms with Crippen molar-refractivity contribution < 1.29 is 19.7 Å².